The highest BCUT2D eigenvalue weighted by atomic mass is 32.1. The molecule has 0 radical (unpaired) electrons. The van der Waals surface area contributed by atoms with Gasteiger partial charge in [0.25, 0.3) is 0 Å². The summed E-state index contributed by atoms with van der Waals surface area (Å²) >= 11 is 1.77. The number of thiophene rings is 1. The predicted molar refractivity (Wildman–Crippen MR) is 195 cm³/mol. The summed E-state index contributed by atoms with van der Waals surface area (Å²) in [5.41, 5.74) is 9.67. The number of fused-ring (bicyclic) bond motifs is 9. The monoisotopic (exact) mass is 615 g/mol. The lowest BCUT2D eigenvalue weighted by Gasteiger charge is -2.11. The first-order valence-electron chi connectivity index (χ1n) is 16.1. The quantitative estimate of drug-likeness (QED) is 0.198. The molecule has 0 atom stereocenters. The van der Waals surface area contributed by atoms with Crippen LogP contribution >= 0.6 is 11.3 Å². The van der Waals surface area contributed by atoms with Gasteiger partial charge in [0.1, 0.15) is 21.8 Å². The Kier molecular flexibility index (Phi) is 5.94. The average molecular weight is 616 g/mol. The molecule has 4 heterocycles. The highest BCUT2D eigenvalue weighted by Crippen LogP contribution is 2.43. The molecule has 0 fully saturated rings. The normalized spacial score (nSPS) is 12.4. The zero-order valence-electron chi connectivity index (χ0n) is 26.6. The van der Waals surface area contributed by atoms with Crippen molar-refractivity contribution in [2.45, 2.75) is 46.5 Å². The Labute approximate surface area is 270 Å². The first kappa shape index (κ1) is 27.3. The molecular formula is C41H33N3OS. The fourth-order valence-corrected chi connectivity index (χ4v) is 8.24. The molecule has 0 aliphatic carbocycles. The minimum absolute atomic E-state index is 0.373. The van der Waals surface area contributed by atoms with Crippen LogP contribution in [0, 0.1) is 6.92 Å². The third kappa shape index (κ3) is 3.98. The number of benzene rings is 5. The molecule has 5 heteroatoms. The van der Waals surface area contributed by atoms with Gasteiger partial charge in [-0.15, -0.1) is 11.3 Å². The van der Waals surface area contributed by atoms with Crippen LogP contribution in [0.5, 0.6) is 0 Å². The number of hydrogen-bond donors (Lipinski definition) is 0. The second-order valence-corrected chi connectivity index (χ2v) is 14.1. The summed E-state index contributed by atoms with van der Waals surface area (Å²) in [6.45, 7) is 11.0. The highest BCUT2D eigenvalue weighted by molar-refractivity contribution is 7.26. The van der Waals surface area contributed by atoms with Gasteiger partial charge < -0.3 is 4.42 Å². The predicted octanol–water partition coefficient (Wildman–Crippen LogP) is 12.1. The van der Waals surface area contributed by atoms with Gasteiger partial charge in [-0.05, 0) is 77.7 Å². The summed E-state index contributed by atoms with van der Waals surface area (Å²) in [6, 6.07) is 35.0. The van der Waals surface area contributed by atoms with Gasteiger partial charge in [0.2, 0.25) is 0 Å². The van der Waals surface area contributed by atoms with Crippen molar-refractivity contribution in [1.29, 1.82) is 0 Å². The van der Waals surface area contributed by atoms with Crippen molar-refractivity contribution in [2.24, 2.45) is 0 Å². The SMILES string of the molecule is Cc1ccc(-c2nc3c4ccccc4ccc3n2-c2ccc3c(c2)oc2cc(C(C)C)ccc23)c2sc3nc(C(C)C)ccc3c12. The molecule has 0 spiro atoms. The number of nitrogens with zero attached hydrogens (tertiary/aromatic N) is 3. The van der Waals surface area contributed by atoms with E-state index in [9.17, 15) is 0 Å². The van der Waals surface area contributed by atoms with E-state index in [0.717, 1.165) is 66.0 Å². The van der Waals surface area contributed by atoms with Crippen LogP contribution in [-0.4, -0.2) is 14.5 Å². The van der Waals surface area contributed by atoms with Gasteiger partial charge in [0, 0.05) is 49.0 Å². The summed E-state index contributed by atoms with van der Waals surface area (Å²) in [5.74, 6) is 1.73. The van der Waals surface area contributed by atoms with Crippen LogP contribution in [0.25, 0.3) is 81.1 Å². The van der Waals surface area contributed by atoms with Crippen molar-refractivity contribution in [3.05, 3.63) is 114 Å². The number of aryl methyl sites for hydroxylation is 1. The summed E-state index contributed by atoms with van der Waals surface area (Å²) in [6.07, 6.45) is 0. The van der Waals surface area contributed by atoms with Crippen molar-refractivity contribution >= 4 is 75.4 Å². The maximum atomic E-state index is 6.53. The zero-order chi connectivity index (χ0) is 31.3. The molecule has 0 aliphatic rings. The summed E-state index contributed by atoms with van der Waals surface area (Å²) < 4.78 is 10.1. The van der Waals surface area contributed by atoms with E-state index < -0.39 is 0 Å². The molecule has 0 amide bonds. The smallest absolute Gasteiger partial charge is 0.147 e. The average Bonchev–Trinajstić information content (AvgIpc) is 3.75. The third-order valence-corrected chi connectivity index (χ3v) is 10.6. The molecule has 224 valence electrons. The molecular weight excluding hydrogens is 583 g/mol. The summed E-state index contributed by atoms with van der Waals surface area (Å²) in [7, 11) is 0. The maximum absolute atomic E-state index is 6.53. The second kappa shape index (κ2) is 10.0. The molecule has 0 bridgehead atoms. The van der Waals surface area contributed by atoms with Crippen molar-refractivity contribution in [1.82, 2.24) is 14.5 Å². The van der Waals surface area contributed by atoms with Crippen molar-refractivity contribution in [3.63, 3.8) is 0 Å². The Hall–Kier alpha value is -5.00. The largest absolute Gasteiger partial charge is 0.456 e. The van der Waals surface area contributed by atoms with Gasteiger partial charge in [-0.2, -0.15) is 0 Å². The molecule has 0 saturated heterocycles. The number of imidazole rings is 1. The lowest BCUT2D eigenvalue weighted by molar-refractivity contribution is 0.667. The van der Waals surface area contributed by atoms with Gasteiger partial charge in [-0.25, -0.2) is 9.97 Å². The van der Waals surface area contributed by atoms with E-state index in [2.05, 4.69) is 136 Å². The van der Waals surface area contributed by atoms with E-state index in [4.69, 9.17) is 14.4 Å². The topological polar surface area (TPSA) is 43.9 Å². The number of pyridine rings is 1. The molecule has 4 nitrogen and oxygen atoms in total. The number of rotatable bonds is 4. The minimum atomic E-state index is 0.373. The number of furan rings is 1. The second-order valence-electron chi connectivity index (χ2n) is 13.1. The highest BCUT2D eigenvalue weighted by Gasteiger charge is 2.22. The Bertz CT molecular complexity index is 2670. The van der Waals surface area contributed by atoms with Crippen LogP contribution in [0.4, 0.5) is 0 Å². The van der Waals surface area contributed by atoms with Gasteiger partial charge in [0.05, 0.1) is 16.7 Å². The van der Waals surface area contributed by atoms with Gasteiger partial charge in [0.15, 0.2) is 0 Å². The van der Waals surface area contributed by atoms with E-state index in [1.807, 2.05) is 0 Å². The van der Waals surface area contributed by atoms with Gasteiger partial charge in [-0.3, -0.25) is 4.57 Å². The molecule has 46 heavy (non-hydrogen) atoms. The van der Waals surface area contributed by atoms with Crippen LogP contribution in [0.3, 0.4) is 0 Å². The maximum Gasteiger partial charge on any atom is 0.147 e. The Morgan fingerprint density at radius 3 is 2.30 bits per heavy atom. The lowest BCUT2D eigenvalue weighted by atomic mass is 10.0. The Morgan fingerprint density at radius 2 is 1.48 bits per heavy atom. The molecule has 0 unspecified atom stereocenters. The van der Waals surface area contributed by atoms with E-state index >= 15 is 0 Å². The van der Waals surface area contributed by atoms with Crippen LogP contribution < -0.4 is 0 Å². The third-order valence-electron chi connectivity index (χ3n) is 9.50. The molecule has 4 aromatic heterocycles. The number of hydrogen-bond acceptors (Lipinski definition) is 4. The molecule has 0 aliphatic heterocycles. The fraction of sp³-hybridized carbons (Fsp3) is 0.171. The number of aromatic nitrogens is 3. The van der Waals surface area contributed by atoms with E-state index in [1.165, 1.54) is 32.0 Å². The molecule has 5 aromatic carbocycles. The van der Waals surface area contributed by atoms with Crippen molar-refractivity contribution in [2.75, 3.05) is 0 Å². The van der Waals surface area contributed by atoms with Crippen LogP contribution in [-0.2, 0) is 0 Å². The molecule has 9 rings (SSSR count). The fourth-order valence-electron chi connectivity index (χ4n) is 6.97. The van der Waals surface area contributed by atoms with Crippen molar-refractivity contribution < 1.29 is 4.42 Å². The summed E-state index contributed by atoms with van der Waals surface area (Å²) in [4.78, 5) is 11.6. The Balaban J connectivity index is 1.35. The standard InChI is InChI=1S/C41H33N3OS/c1-22(2)26-11-15-29-30-16-13-27(21-36(30)45-35(29)20-26)44-34-19-12-25-8-6-7-9-28(25)38(34)43-40(44)32-14-10-24(5)37-31-17-18-33(23(3)4)42-41(31)46-39(32)37/h6-23H,1-5H3. The van der Waals surface area contributed by atoms with Crippen molar-refractivity contribution in [3.8, 4) is 17.1 Å². The zero-order valence-corrected chi connectivity index (χ0v) is 27.4. The first-order valence-corrected chi connectivity index (χ1v) is 16.9. The molecule has 9 aromatic rings. The summed E-state index contributed by atoms with van der Waals surface area (Å²) in [5, 5.41) is 7.07. The van der Waals surface area contributed by atoms with E-state index in [0.29, 0.717) is 11.8 Å². The van der Waals surface area contributed by atoms with E-state index in [-0.39, 0.29) is 0 Å². The molecule has 0 N–H and O–H groups in total. The lowest BCUT2D eigenvalue weighted by Crippen LogP contribution is -1.98. The minimum Gasteiger partial charge on any atom is -0.456 e. The Morgan fingerprint density at radius 1 is 0.696 bits per heavy atom. The van der Waals surface area contributed by atoms with Gasteiger partial charge in [-0.1, -0.05) is 76.2 Å². The first-order chi connectivity index (χ1) is 22.4. The molecule has 0 saturated carbocycles. The van der Waals surface area contributed by atoms with E-state index in [1.54, 1.807) is 11.3 Å². The van der Waals surface area contributed by atoms with Crippen LogP contribution in [0.1, 0.15) is 56.4 Å². The van der Waals surface area contributed by atoms with Gasteiger partial charge >= 0.3 is 0 Å². The van der Waals surface area contributed by atoms with Crippen LogP contribution in [0.2, 0.25) is 0 Å². The van der Waals surface area contributed by atoms with Crippen LogP contribution in [0.15, 0.2) is 101 Å².